The van der Waals surface area contributed by atoms with Crippen molar-refractivity contribution in [3.63, 3.8) is 0 Å². The summed E-state index contributed by atoms with van der Waals surface area (Å²) < 4.78 is 0. The number of hydrogen-bond donors (Lipinski definition) is 1. The van der Waals surface area contributed by atoms with Crippen molar-refractivity contribution in [2.45, 2.75) is 12.5 Å². The Balaban J connectivity index is 1.88. The molecule has 90 valence electrons. The van der Waals surface area contributed by atoms with Gasteiger partial charge in [-0.3, -0.25) is 4.99 Å². The molecule has 1 aromatic carbocycles. The molecule has 0 amide bonds. The third kappa shape index (κ3) is 1.98. The fraction of sp³-hybridized carbons (Fsp3) is 0.417. The summed E-state index contributed by atoms with van der Waals surface area (Å²) in [6.45, 7) is 2.86. The molecule has 0 spiro atoms. The van der Waals surface area contributed by atoms with Crippen LogP contribution in [0.1, 0.15) is 18.0 Å². The molecule has 1 unspecified atom stereocenters. The lowest BCUT2D eigenvalue weighted by molar-refractivity contribution is 0.316. The molecule has 0 aromatic heterocycles. The SMILES string of the molecule is Clc1ccc(C2CN=C3NCCCN32)cc1Cl. The van der Waals surface area contributed by atoms with Gasteiger partial charge in [-0.1, -0.05) is 29.3 Å². The van der Waals surface area contributed by atoms with E-state index in [1.165, 1.54) is 5.56 Å². The summed E-state index contributed by atoms with van der Waals surface area (Å²) in [6.07, 6.45) is 1.15. The maximum atomic E-state index is 6.06. The van der Waals surface area contributed by atoms with Crippen LogP contribution in [-0.4, -0.2) is 30.5 Å². The van der Waals surface area contributed by atoms with E-state index in [9.17, 15) is 0 Å². The molecule has 0 bridgehead atoms. The summed E-state index contributed by atoms with van der Waals surface area (Å²) in [6, 6.07) is 6.13. The molecule has 2 aliphatic rings. The average Bonchev–Trinajstić information content (AvgIpc) is 2.76. The molecular formula is C12H13Cl2N3. The highest BCUT2D eigenvalue weighted by Crippen LogP contribution is 2.31. The summed E-state index contributed by atoms with van der Waals surface area (Å²) in [5.41, 5.74) is 1.18. The van der Waals surface area contributed by atoms with Gasteiger partial charge in [0.2, 0.25) is 0 Å². The van der Waals surface area contributed by atoms with Crippen molar-refractivity contribution in [3.8, 4) is 0 Å². The van der Waals surface area contributed by atoms with E-state index in [-0.39, 0.29) is 0 Å². The molecule has 0 saturated carbocycles. The molecule has 2 aliphatic heterocycles. The summed E-state index contributed by atoms with van der Waals surface area (Å²) in [4.78, 5) is 6.83. The van der Waals surface area contributed by atoms with Crippen molar-refractivity contribution >= 4 is 29.2 Å². The topological polar surface area (TPSA) is 27.6 Å². The lowest BCUT2D eigenvalue weighted by Crippen LogP contribution is -2.46. The Kier molecular flexibility index (Phi) is 2.89. The standard InChI is InChI=1S/C12H13Cl2N3/c13-9-3-2-8(6-10(9)14)11-7-16-12-15-4-1-5-17(11)12/h2-3,6,11H,1,4-5,7H2,(H,15,16). The maximum Gasteiger partial charge on any atom is 0.194 e. The Bertz CT molecular complexity index is 473. The molecule has 0 aliphatic carbocycles. The van der Waals surface area contributed by atoms with Crippen LogP contribution in [0.25, 0.3) is 0 Å². The molecule has 1 N–H and O–H groups in total. The van der Waals surface area contributed by atoms with Crippen molar-refractivity contribution in [2.75, 3.05) is 19.6 Å². The number of hydrogen-bond acceptors (Lipinski definition) is 3. The van der Waals surface area contributed by atoms with Gasteiger partial charge in [0.15, 0.2) is 5.96 Å². The molecule has 1 aromatic rings. The zero-order valence-corrected chi connectivity index (χ0v) is 10.8. The molecule has 3 rings (SSSR count). The fourth-order valence-corrected chi connectivity index (χ4v) is 2.69. The molecule has 3 nitrogen and oxygen atoms in total. The highest BCUT2D eigenvalue weighted by molar-refractivity contribution is 6.42. The van der Waals surface area contributed by atoms with Gasteiger partial charge in [-0.05, 0) is 24.1 Å². The predicted molar refractivity (Wildman–Crippen MR) is 70.8 cm³/mol. The number of fused-ring (bicyclic) bond motifs is 1. The summed E-state index contributed by atoms with van der Waals surface area (Å²) in [5, 5.41) is 4.54. The van der Waals surface area contributed by atoms with Gasteiger partial charge in [0.1, 0.15) is 0 Å². The summed E-state index contributed by atoms with van der Waals surface area (Å²) >= 11 is 12.0. The summed E-state index contributed by atoms with van der Waals surface area (Å²) in [7, 11) is 0. The molecule has 0 radical (unpaired) electrons. The van der Waals surface area contributed by atoms with Crippen molar-refractivity contribution in [1.29, 1.82) is 0 Å². The van der Waals surface area contributed by atoms with Crippen LogP contribution in [0.15, 0.2) is 23.2 Å². The Morgan fingerprint density at radius 3 is 3.00 bits per heavy atom. The number of benzene rings is 1. The second-order valence-corrected chi connectivity index (χ2v) is 5.14. The van der Waals surface area contributed by atoms with Crippen LogP contribution in [-0.2, 0) is 0 Å². The van der Waals surface area contributed by atoms with Gasteiger partial charge in [0.25, 0.3) is 0 Å². The van der Waals surface area contributed by atoms with Crippen molar-refractivity contribution in [1.82, 2.24) is 10.2 Å². The molecule has 1 saturated heterocycles. The number of rotatable bonds is 1. The zero-order chi connectivity index (χ0) is 11.8. The third-order valence-electron chi connectivity index (χ3n) is 3.25. The van der Waals surface area contributed by atoms with Crippen LogP contribution < -0.4 is 5.32 Å². The first-order chi connectivity index (χ1) is 8.25. The van der Waals surface area contributed by atoms with E-state index >= 15 is 0 Å². The normalized spacial score (nSPS) is 23.1. The Morgan fingerprint density at radius 1 is 1.29 bits per heavy atom. The molecule has 2 heterocycles. The van der Waals surface area contributed by atoms with E-state index in [0.717, 1.165) is 32.0 Å². The van der Waals surface area contributed by atoms with Crippen molar-refractivity contribution in [3.05, 3.63) is 33.8 Å². The largest absolute Gasteiger partial charge is 0.356 e. The van der Waals surface area contributed by atoms with Gasteiger partial charge >= 0.3 is 0 Å². The van der Waals surface area contributed by atoms with E-state index in [4.69, 9.17) is 23.2 Å². The van der Waals surface area contributed by atoms with E-state index in [1.807, 2.05) is 18.2 Å². The van der Waals surface area contributed by atoms with Gasteiger partial charge in [-0.2, -0.15) is 0 Å². The first-order valence-electron chi connectivity index (χ1n) is 5.75. The molecule has 17 heavy (non-hydrogen) atoms. The number of halogens is 2. The summed E-state index contributed by atoms with van der Waals surface area (Å²) in [5.74, 6) is 1.02. The third-order valence-corrected chi connectivity index (χ3v) is 3.99. The predicted octanol–water partition coefficient (Wildman–Crippen LogP) is 2.70. The second-order valence-electron chi connectivity index (χ2n) is 4.33. The number of nitrogens with one attached hydrogen (secondary N) is 1. The fourth-order valence-electron chi connectivity index (χ4n) is 2.38. The highest BCUT2D eigenvalue weighted by Gasteiger charge is 2.30. The molecule has 1 fully saturated rings. The monoisotopic (exact) mass is 269 g/mol. The van der Waals surface area contributed by atoms with E-state index in [0.29, 0.717) is 16.1 Å². The first-order valence-corrected chi connectivity index (χ1v) is 6.51. The number of guanidine groups is 1. The van der Waals surface area contributed by atoms with E-state index < -0.39 is 0 Å². The van der Waals surface area contributed by atoms with Crippen LogP contribution >= 0.6 is 23.2 Å². The van der Waals surface area contributed by atoms with Gasteiger partial charge in [0.05, 0.1) is 22.6 Å². The van der Waals surface area contributed by atoms with Gasteiger partial charge < -0.3 is 10.2 Å². The van der Waals surface area contributed by atoms with Crippen LogP contribution in [0.3, 0.4) is 0 Å². The van der Waals surface area contributed by atoms with E-state index in [1.54, 1.807) is 0 Å². The minimum Gasteiger partial charge on any atom is -0.356 e. The minimum atomic E-state index is 0.299. The van der Waals surface area contributed by atoms with Crippen LogP contribution in [0, 0.1) is 0 Å². The van der Waals surface area contributed by atoms with Crippen molar-refractivity contribution < 1.29 is 0 Å². The van der Waals surface area contributed by atoms with Gasteiger partial charge in [0, 0.05) is 13.1 Å². The zero-order valence-electron chi connectivity index (χ0n) is 9.29. The van der Waals surface area contributed by atoms with Crippen LogP contribution in [0.4, 0.5) is 0 Å². The molecule has 1 atom stereocenters. The second kappa shape index (κ2) is 4.39. The molecular weight excluding hydrogens is 257 g/mol. The lowest BCUT2D eigenvalue weighted by Gasteiger charge is -2.32. The Labute approximate surface area is 110 Å². The van der Waals surface area contributed by atoms with Gasteiger partial charge in [-0.15, -0.1) is 0 Å². The Hall–Kier alpha value is -0.930. The number of aliphatic imine (C=N–C) groups is 1. The van der Waals surface area contributed by atoms with Crippen molar-refractivity contribution in [2.24, 2.45) is 4.99 Å². The first kappa shape index (κ1) is 11.2. The average molecular weight is 270 g/mol. The maximum absolute atomic E-state index is 6.06. The highest BCUT2D eigenvalue weighted by atomic mass is 35.5. The van der Waals surface area contributed by atoms with E-state index in [2.05, 4.69) is 15.2 Å². The smallest absolute Gasteiger partial charge is 0.194 e. The quantitative estimate of drug-likeness (QED) is 0.849. The van der Waals surface area contributed by atoms with Crippen LogP contribution in [0.2, 0.25) is 10.0 Å². The number of nitrogens with zero attached hydrogens (tertiary/aromatic N) is 2. The minimum absolute atomic E-state index is 0.299. The Morgan fingerprint density at radius 2 is 2.18 bits per heavy atom. The van der Waals surface area contributed by atoms with Crippen LogP contribution in [0.5, 0.6) is 0 Å². The molecule has 5 heteroatoms. The van der Waals surface area contributed by atoms with Gasteiger partial charge in [-0.25, -0.2) is 0 Å². The lowest BCUT2D eigenvalue weighted by atomic mass is 10.1.